The van der Waals surface area contributed by atoms with Crippen LogP contribution in [0.3, 0.4) is 0 Å². The first-order valence-electron chi connectivity index (χ1n) is 7.20. The van der Waals surface area contributed by atoms with Crippen molar-refractivity contribution in [1.29, 1.82) is 0 Å². The van der Waals surface area contributed by atoms with Crippen LogP contribution in [0.4, 0.5) is 0 Å². The molecule has 0 unspecified atom stereocenters. The summed E-state index contributed by atoms with van der Waals surface area (Å²) in [4.78, 5) is 16.9. The second-order valence-electron chi connectivity index (χ2n) is 5.16. The van der Waals surface area contributed by atoms with Gasteiger partial charge in [0.05, 0.1) is 22.2 Å². The minimum Gasteiger partial charge on any atom is -0.493 e. The molecule has 1 aromatic heterocycles. The lowest BCUT2D eigenvalue weighted by atomic mass is 10.1. The quantitative estimate of drug-likeness (QED) is 0.753. The number of hydrogen-bond acceptors (Lipinski definition) is 4. The van der Waals surface area contributed by atoms with Gasteiger partial charge in [0.15, 0.2) is 5.78 Å². The highest BCUT2D eigenvalue weighted by molar-refractivity contribution is 7.13. The Hall–Kier alpha value is -1.68. The van der Waals surface area contributed by atoms with E-state index in [1.807, 2.05) is 13.8 Å². The predicted molar refractivity (Wildman–Crippen MR) is 86.6 cm³/mol. The fourth-order valence-electron chi connectivity index (χ4n) is 2.13. The average molecular weight is 303 g/mol. The van der Waals surface area contributed by atoms with Crippen molar-refractivity contribution in [3.05, 3.63) is 44.9 Å². The molecule has 0 bridgehead atoms. The van der Waals surface area contributed by atoms with E-state index in [1.165, 1.54) is 16.9 Å². The van der Waals surface area contributed by atoms with Gasteiger partial charge in [0.1, 0.15) is 5.75 Å². The zero-order valence-electron chi connectivity index (χ0n) is 13.0. The van der Waals surface area contributed by atoms with Crippen LogP contribution in [0, 0.1) is 13.8 Å². The minimum absolute atomic E-state index is 0.103. The second-order valence-corrected chi connectivity index (χ2v) is 6.24. The number of nitrogens with zero attached hydrogens (tertiary/aromatic N) is 1. The molecular weight excluding hydrogens is 282 g/mol. The molecule has 21 heavy (non-hydrogen) atoms. The van der Waals surface area contributed by atoms with Gasteiger partial charge < -0.3 is 4.74 Å². The fourth-order valence-corrected chi connectivity index (χ4v) is 3.16. The highest BCUT2D eigenvalue weighted by atomic mass is 32.1. The van der Waals surface area contributed by atoms with Crippen molar-refractivity contribution >= 4 is 17.1 Å². The molecule has 3 nitrogen and oxygen atoms in total. The van der Waals surface area contributed by atoms with Crippen LogP contribution < -0.4 is 4.74 Å². The maximum absolute atomic E-state index is 11.6. The van der Waals surface area contributed by atoms with Crippen molar-refractivity contribution in [1.82, 2.24) is 4.98 Å². The molecule has 0 radical (unpaired) electrons. The maximum Gasteiger partial charge on any atom is 0.171 e. The molecule has 0 spiro atoms. The number of aryl methyl sites for hydroxylation is 3. The summed E-state index contributed by atoms with van der Waals surface area (Å²) in [6, 6.07) is 6.20. The molecule has 112 valence electrons. The summed E-state index contributed by atoms with van der Waals surface area (Å²) in [7, 11) is 0. The van der Waals surface area contributed by atoms with Crippen molar-refractivity contribution in [3.8, 4) is 5.75 Å². The number of ketones is 1. The van der Waals surface area contributed by atoms with E-state index in [0.29, 0.717) is 6.61 Å². The van der Waals surface area contributed by atoms with E-state index in [2.05, 4.69) is 30.1 Å². The van der Waals surface area contributed by atoms with Crippen LogP contribution >= 0.6 is 11.3 Å². The highest BCUT2D eigenvalue weighted by Crippen LogP contribution is 2.22. The maximum atomic E-state index is 11.6. The predicted octanol–water partition coefficient (Wildman–Crippen LogP) is 4.15. The van der Waals surface area contributed by atoms with Gasteiger partial charge in [-0.05, 0) is 37.5 Å². The largest absolute Gasteiger partial charge is 0.493 e. The molecule has 2 aromatic rings. The Balaban J connectivity index is 2.00. The fraction of sp³-hybridized carbons (Fsp3) is 0.412. The second kappa shape index (κ2) is 6.85. The van der Waals surface area contributed by atoms with Crippen LogP contribution in [0.15, 0.2) is 18.2 Å². The average Bonchev–Trinajstić information content (AvgIpc) is 2.86. The number of carbonyl (C=O) groups is 1. The summed E-state index contributed by atoms with van der Waals surface area (Å²) < 4.78 is 5.85. The third kappa shape index (κ3) is 3.91. The van der Waals surface area contributed by atoms with Crippen LogP contribution in [0.2, 0.25) is 0 Å². The van der Waals surface area contributed by atoms with Crippen LogP contribution in [0.25, 0.3) is 0 Å². The lowest BCUT2D eigenvalue weighted by molar-refractivity contribution is 0.102. The molecule has 1 aromatic carbocycles. The minimum atomic E-state index is 0.103. The molecule has 2 rings (SSSR count). The highest BCUT2D eigenvalue weighted by Gasteiger charge is 2.13. The van der Waals surface area contributed by atoms with Gasteiger partial charge in [-0.3, -0.25) is 4.79 Å². The van der Waals surface area contributed by atoms with E-state index in [4.69, 9.17) is 4.74 Å². The van der Waals surface area contributed by atoms with Gasteiger partial charge in [0, 0.05) is 13.3 Å². The first-order chi connectivity index (χ1) is 10.0. The molecule has 0 aliphatic carbocycles. The van der Waals surface area contributed by atoms with Crippen LogP contribution in [0.1, 0.15) is 45.3 Å². The number of hydrogen-bond donors (Lipinski definition) is 0. The first kappa shape index (κ1) is 15.7. The summed E-state index contributed by atoms with van der Waals surface area (Å²) >= 11 is 1.49. The molecule has 0 saturated heterocycles. The van der Waals surface area contributed by atoms with Crippen molar-refractivity contribution in [2.24, 2.45) is 0 Å². The van der Waals surface area contributed by atoms with Gasteiger partial charge in [-0.25, -0.2) is 4.98 Å². The Morgan fingerprint density at radius 3 is 2.71 bits per heavy atom. The number of aromatic nitrogens is 1. The SMILES string of the molecule is CCc1nc(CCOc2cc(C)ccc2C)sc1C(C)=O. The topological polar surface area (TPSA) is 39.2 Å². The summed E-state index contributed by atoms with van der Waals surface area (Å²) in [5.74, 6) is 1.03. The lowest BCUT2D eigenvalue weighted by Gasteiger charge is -2.08. The zero-order chi connectivity index (χ0) is 15.4. The summed E-state index contributed by atoms with van der Waals surface area (Å²) in [6.45, 7) is 8.31. The van der Waals surface area contributed by atoms with E-state index in [9.17, 15) is 4.79 Å². The molecule has 1 heterocycles. The Morgan fingerprint density at radius 2 is 2.10 bits per heavy atom. The molecule has 0 amide bonds. The summed E-state index contributed by atoms with van der Waals surface area (Å²) in [5, 5.41) is 0.974. The van der Waals surface area contributed by atoms with Crippen molar-refractivity contribution in [3.63, 3.8) is 0 Å². The summed E-state index contributed by atoms with van der Waals surface area (Å²) in [6.07, 6.45) is 1.53. The standard InChI is InChI=1S/C17H21NO2S/c1-5-14-17(13(4)19)21-16(18-14)8-9-20-15-10-11(2)6-7-12(15)3/h6-7,10H,5,8-9H2,1-4H3. The molecule has 0 fully saturated rings. The van der Waals surface area contributed by atoms with Crippen LogP contribution in [-0.2, 0) is 12.8 Å². The first-order valence-corrected chi connectivity index (χ1v) is 8.02. The lowest BCUT2D eigenvalue weighted by Crippen LogP contribution is -2.02. The molecule has 0 saturated carbocycles. The van der Waals surface area contributed by atoms with Gasteiger partial charge in [-0.2, -0.15) is 0 Å². The molecular formula is C17H21NO2S. The Bertz CT molecular complexity index is 646. The van der Waals surface area contributed by atoms with Crippen LogP contribution in [0.5, 0.6) is 5.75 Å². The molecule has 0 aliphatic rings. The Kier molecular flexibility index (Phi) is 5.12. The number of benzene rings is 1. The van der Waals surface area contributed by atoms with Gasteiger partial charge in [0.25, 0.3) is 0 Å². The third-order valence-electron chi connectivity index (χ3n) is 3.31. The van der Waals surface area contributed by atoms with E-state index in [0.717, 1.165) is 39.7 Å². The Labute approximate surface area is 130 Å². The molecule has 4 heteroatoms. The van der Waals surface area contributed by atoms with Gasteiger partial charge >= 0.3 is 0 Å². The van der Waals surface area contributed by atoms with E-state index in [-0.39, 0.29) is 5.78 Å². The Morgan fingerprint density at radius 1 is 1.33 bits per heavy atom. The van der Waals surface area contributed by atoms with Gasteiger partial charge in [-0.1, -0.05) is 19.1 Å². The number of thiazole rings is 1. The van der Waals surface area contributed by atoms with E-state index >= 15 is 0 Å². The number of Topliss-reactive ketones (excluding diaryl/α,β-unsaturated/α-hetero) is 1. The molecule has 0 atom stereocenters. The van der Waals surface area contributed by atoms with Gasteiger partial charge in [-0.15, -0.1) is 11.3 Å². The van der Waals surface area contributed by atoms with Crippen molar-refractivity contribution in [2.75, 3.05) is 6.61 Å². The van der Waals surface area contributed by atoms with E-state index < -0.39 is 0 Å². The summed E-state index contributed by atoms with van der Waals surface area (Å²) in [5.41, 5.74) is 3.24. The molecule has 0 N–H and O–H groups in total. The molecule has 0 aliphatic heterocycles. The third-order valence-corrected chi connectivity index (χ3v) is 4.57. The van der Waals surface area contributed by atoms with Crippen molar-refractivity contribution in [2.45, 2.75) is 40.5 Å². The zero-order valence-corrected chi connectivity index (χ0v) is 13.8. The van der Waals surface area contributed by atoms with Crippen molar-refractivity contribution < 1.29 is 9.53 Å². The van der Waals surface area contributed by atoms with E-state index in [1.54, 1.807) is 6.92 Å². The number of carbonyl (C=O) groups excluding carboxylic acids is 1. The smallest absolute Gasteiger partial charge is 0.171 e. The number of ether oxygens (including phenoxy) is 1. The monoisotopic (exact) mass is 303 g/mol. The normalized spacial score (nSPS) is 10.7. The number of rotatable bonds is 6. The van der Waals surface area contributed by atoms with Gasteiger partial charge in [0.2, 0.25) is 0 Å². The van der Waals surface area contributed by atoms with Crippen LogP contribution in [-0.4, -0.2) is 17.4 Å².